The van der Waals surface area contributed by atoms with E-state index in [1.54, 1.807) is 13.0 Å². The van der Waals surface area contributed by atoms with Crippen molar-refractivity contribution in [1.29, 1.82) is 0 Å². The van der Waals surface area contributed by atoms with Crippen LogP contribution in [0.25, 0.3) is 0 Å². The van der Waals surface area contributed by atoms with Crippen LogP contribution >= 0.6 is 11.6 Å². The molecular weight excluding hydrogens is 272 g/mol. The maximum absolute atomic E-state index is 11.7. The van der Waals surface area contributed by atoms with Crippen molar-refractivity contribution in [3.05, 3.63) is 41.0 Å². The highest BCUT2D eigenvalue weighted by molar-refractivity contribution is 7.90. The monoisotopic (exact) mass is 286 g/mol. The van der Waals surface area contributed by atoms with Crippen LogP contribution in [-0.4, -0.2) is 19.9 Å². The molecule has 1 aromatic rings. The predicted octanol–water partition coefficient (Wildman–Crippen LogP) is 2.90. The summed E-state index contributed by atoms with van der Waals surface area (Å²) in [6.45, 7) is 3.60. The number of aryl methyl sites for hydroxylation is 1. The highest BCUT2D eigenvalue weighted by Gasteiger charge is 2.17. The lowest BCUT2D eigenvalue weighted by atomic mass is 10.0. The lowest BCUT2D eigenvalue weighted by Crippen LogP contribution is -2.06. The Labute approximate surface area is 112 Å². The van der Waals surface area contributed by atoms with Gasteiger partial charge in [-0.15, -0.1) is 0 Å². The molecule has 0 N–H and O–H groups in total. The second kappa shape index (κ2) is 5.67. The molecule has 0 bridgehead atoms. The van der Waals surface area contributed by atoms with E-state index < -0.39 is 15.1 Å². The first-order valence-electron chi connectivity index (χ1n) is 5.42. The van der Waals surface area contributed by atoms with Crippen LogP contribution in [0.3, 0.4) is 0 Å². The summed E-state index contributed by atoms with van der Waals surface area (Å²) < 4.78 is 23.4. The summed E-state index contributed by atoms with van der Waals surface area (Å²) in [5.74, 6) is 0. The van der Waals surface area contributed by atoms with Crippen molar-refractivity contribution in [2.24, 2.45) is 0 Å². The minimum absolute atomic E-state index is 0.162. The Kier molecular flexibility index (Phi) is 4.71. The first-order chi connectivity index (χ1) is 8.27. The summed E-state index contributed by atoms with van der Waals surface area (Å²) in [7, 11) is -3.38. The van der Waals surface area contributed by atoms with E-state index in [2.05, 4.69) is 0 Å². The van der Waals surface area contributed by atoms with Crippen LogP contribution in [0.5, 0.6) is 0 Å². The van der Waals surface area contributed by atoms with E-state index in [0.717, 1.165) is 6.26 Å². The molecule has 0 amide bonds. The summed E-state index contributed by atoms with van der Waals surface area (Å²) in [4.78, 5) is 11.4. The quantitative estimate of drug-likeness (QED) is 0.632. The molecule has 98 valence electrons. The molecule has 0 aromatic heterocycles. The Hall–Kier alpha value is -1.13. The maximum atomic E-state index is 11.7. The standard InChI is InChI=1S/C13H15ClO3S/c1-4-5-6-10-7-9(2)11(13(14)15)8-12(10)18(3,16)17/h4-5,7-8H,6H2,1-3H3. The van der Waals surface area contributed by atoms with Crippen molar-refractivity contribution in [2.75, 3.05) is 6.26 Å². The topological polar surface area (TPSA) is 51.2 Å². The zero-order valence-electron chi connectivity index (χ0n) is 10.5. The first-order valence-corrected chi connectivity index (χ1v) is 7.69. The molecule has 5 heteroatoms. The fourth-order valence-electron chi connectivity index (χ4n) is 1.71. The number of benzene rings is 1. The molecule has 0 radical (unpaired) electrons. The predicted molar refractivity (Wildman–Crippen MR) is 73.0 cm³/mol. The second-order valence-electron chi connectivity index (χ2n) is 4.09. The number of rotatable bonds is 4. The average Bonchev–Trinajstić information content (AvgIpc) is 2.23. The Balaban J connectivity index is 3.52. The van der Waals surface area contributed by atoms with Gasteiger partial charge >= 0.3 is 0 Å². The fourth-order valence-corrected chi connectivity index (χ4v) is 2.86. The van der Waals surface area contributed by atoms with Gasteiger partial charge in [0.2, 0.25) is 0 Å². The Morgan fingerprint density at radius 2 is 2.00 bits per heavy atom. The summed E-state index contributed by atoms with van der Waals surface area (Å²) >= 11 is 5.44. The van der Waals surface area contributed by atoms with Crippen LogP contribution < -0.4 is 0 Å². The number of carbonyl (C=O) groups excluding carboxylic acids is 1. The van der Waals surface area contributed by atoms with Gasteiger partial charge in [0.25, 0.3) is 5.24 Å². The van der Waals surface area contributed by atoms with Gasteiger partial charge in [-0.3, -0.25) is 4.79 Å². The van der Waals surface area contributed by atoms with E-state index in [9.17, 15) is 13.2 Å². The Bertz CT molecular complexity index is 601. The summed E-state index contributed by atoms with van der Waals surface area (Å²) in [5, 5.41) is -0.644. The van der Waals surface area contributed by atoms with Crippen LogP contribution in [0.1, 0.15) is 28.4 Å². The molecule has 0 aliphatic rings. The minimum atomic E-state index is -3.38. The van der Waals surface area contributed by atoms with Gasteiger partial charge in [-0.05, 0) is 49.1 Å². The van der Waals surface area contributed by atoms with Crippen molar-refractivity contribution in [3.63, 3.8) is 0 Å². The van der Waals surface area contributed by atoms with Gasteiger partial charge in [0.05, 0.1) is 4.90 Å². The third-order valence-corrected chi connectivity index (χ3v) is 3.97. The van der Waals surface area contributed by atoms with Gasteiger partial charge < -0.3 is 0 Å². The van der Waals surface area contributed by atoms with Crippen molar-refractivity contribution in [1.82, 2.24) is 0 Å². The summed E-state index contributed by atoms with van der Waals surface area (Å²) in [6, 6.07) is 3.06. The molecule has 18 heavy (non-hydrogen) atoms. The summed E-state index contributed by atoms with van der Waals surface area (Å²) in [5.41, 5.74) is 1.60. The molecular formula is C13H15ClO3S. The number of hydrogen-bond acceptors (Lipinski definition) is 3. The lowest BCUT2D eigenvalue weighted by Gasteiger charge is -2.10. The van der Waals surface area contributed by atoms with Crippen LogP contribution in [0.4, 0.5) is 0 Å². The maximum Gasteiger partial charge on any atom is 0.252 e. The first kappa shape index (κ1) is 14.9. The third kappa shape index (κ3) is 3.43. The molecule has 0 atom stereocenters. The van der Waals surface area contributed by atoms with E-state index in [0.29, 0.717) is 17.5 Å². The van der Waals surface area contributed by atoms with Crippen LogP contribution in [-0.2, 0) is 16.3 Å². The summed E-state index contributed by atoms with van der Waals surface area (Å²) in [6.07, 6.45) is 5.35. The highest BCUT2D eigenvalue weighted by Crippen LogP contribution is 2.23. The van der Waals surface area contributed by atoms with Crippen LogP contribution in [0, 0.1) is 6.92 Å². The molecule has 0 saturated carbocycles. The molecule has 3 nitrogen and oxygen atoms in total. The molecule has 0 spiro atoms. The number of sulfone groups is 1. The van der Waals surface area contributed by atoms with E-state index in [4.69, 9.17) is 11.6 Å². The number of carbonyl (C=O) groups is 1. The molecule has 1 rings (SSSR count). The van der Waals surface area contributed by atoms with Crippen molar-refractivity contribution in [3.8, 4) is 0 Å². The molecule has 0 aliphatic carbocycles. The lowest BCUT2D eigenvalue weighted by molar-refractivity contribution is 0.108. The smallest absolute Gasteiger partial charge is 0.252 e. The fraction of sp³-hybridized carbons (Fsp3) is 0.308. The second-order valence-corrected chi connectivity index (χ2v) is 6.42. The average molecular weight is 287 g/mol. The number of halogens is 1. The third-order valence-electron chi connectivity index (χ3n) is 2.59. The number of hydrogen-bond donors (Lipinski definition) is 0. The van der Waals surface area contributed by atoms with Crippen molar-refractivity contribution >= 4 is 26.7 Å². The zero-order chi connectivity index (χ0) is 13.9. The van der Waals surface area contributed by atoms with Gasteiger partial charge in [0.1, 0.15) is 0 Å². The van der Waals surface area contributed by atoms with E-state index in [1.165, 1.54) is 6.07 Å². The molecule has 0 saturated heterocycles. The normalized spacial score (nSPS) is 12.0. The molecule has 0 heterocycles. The van der Waals surface area contributed by atoms with Crippen molar-refractivity contribution < 1.29 is 13.2 Å². The van der Waals surface area contributed by atoms with Crippen molar-refractivity contribution in [2.45, 2.75) is 25.2 Å². The zero-order valence-corrected chi connectivity index (χ0v) is 12.1. The van der Waals surface area contributed by atoms with Gasteiger partial charge in [-0.2, -0.15) is 0 Å². The Morgan fingerprint density at radius 1 is 1.39 bits per heavy atom. The van der Waals surface area contributed by atoms with Crippen LogP contribution in [0.15, 0.2) is 29.2 Å². The molecule has 0 unspecified atom stereocenters. The molecule has 1 aromatic carbocycles. The Morgan fingerprint density at radius 3 is 2.44 bits per heavy atom. The minimum Gasteiger partial charge on any atom is -0.276 e. The van der Waals surface area contributed by atoms with Gasteiger partial charge in [0.15, 0.2) is 9.84 Å². The van der Waals surface area contributed by atoms with E-state index in [1.807, 2.05) is 19.1 Å². The molecule has 0 aliphatic heterocycles. The largest absolute Gasteiger partial charge is 0.276 e. The molecule has 0 fully saturated rings. The van der Waals surface area contributed by atoms with Gasteiger partial charge in [0, 0.05) is 11.8 Å². The van der Waals surface area contributed by atoms with Gasteiger partial charge in [-0.1, -0.05) is 18.2 Å². The van der Waals surface area contributed by atoms with E-state index >= 15 is 0 Å². The number of allylic oxidation sites excluding steroid dienone is 2. The van der Waals surface area contributed by atoms with E-state index in [-0.39, 0.29) is 10.5 Å². The SMILES string of the molecule is CC=CCc1cc(C)c(C(=O)Cl)cc1S(C)(=O)=O. The van der Waals surface area contributed by atoms with Gasteiger partial charge in [-0.25, -0.2) is 8.42 Å². The van der Waals surface area contributed by atoms with Crippen LogP contribution in [0.2, 0.25) is 0 Å². The highest BCUT2D eigenvalue weighted by atomic mass is 35.5.